The third-order valence-electron chi connectivity index (χ3n) is 4.58. The van der Waals surface area contributed by atoms with Gasteiger partial charge >= 0.3 is 11.9 Å². The van der Waals surface area contributed by atoms with E-state index in [1.807, 2.05) is 58.0 Å². The Morgan fingerprint density at radius 2 is 1.69 bits per heavy atom. The first-order valence-electron chi connectivity index (χ1n) is 9.46. The van der Waals surface area contributed by atoms with Crippen LogP contribution in [-0.2, 0) is 14.3 Å². The normalized spacial score (nSPS) is 20.8. The minimum Gasteiger partial charge on any atom is -0.462 e. The van der Waals surface area contributed by atoms with Gasteiger partial charge in [0.2, 0.25) is 0 Å². The SMILES string of the molecule is CCOC(=O)c1ccc(C2CCC(/C=C/C(=O)OC(C)(C)C)CC2)cc1. The van der Waals surface area contributed by atoms with Gasteiger partial charge in [-0.1, -0.05) is 18.2 Å². The summed E-state index contributed by atoms with van der Waals surface area (Å²) >= 11 is 0. The van der Waals surface area contributed by atoms with Crippen molar-refractivity contribution in [2.75, 3.05) is 6.61 Å². The van der Waals surface area contributed by atoms with Crippen molar-refractivity contribution in [2.24, 2.45) is 5.92 Å². The molecule has 0 spiro atoms. The van der Waals surface area contributed by atoms with Gasteiger partial charge < -0.3 is 9.47 Å². The quantitative estimate of drug-likeness (QED) is 0.547. The van der Waals surface area contributed by atoms with Crippen molar-refractivity contribution in [3.8, 4) is 0 Å². The van der Waals surface area contributed by atoms with E-state index in [4.69, 9.17) is 9.47 Å². The van der Waals surface area contributed by atoms with Gasteiger partial charge in [0, 0.05) is 6.08 Å². The molecule has 0 unspecified atom stereocenters. The Kier molecular flexibility index (Phi) is 7.01. The Bertz CT molecular complexity index is 629. The zero-order valence-electron chi connectivity index (χ0n) is 16.3. The van der Waals surface area contributed by atoms with Crippen LogP contribution in [-0.4, -0.2) is 24.1 Å². The first kappa shape index (κ1) is 20.2. The Morgan fingerprint density at radius 3 is 2.23 bits per heavy atom. The first-order valence-corrected chi connectivity index (χ1v) is 9.46. The van der Waals surface area contributed by atoms with Crippen LogP contribution in [0.1, 0.15) is 75.2 Å². The molecule has 0 bridgehead atoms. The lowest BCUT2D eigenvalue weighted by Crippen LogP contribution is -2.22. The summed E-state index contributed by atoms with van der Waals surface area (Å²) in [5, 5.41) is 0. The van der Waals surface area contributed by atoms with Crippen molar-refractivity contribution in [3.05, 3.63) is 47.5 Å². The molecule has 1 saturated carbocycles. The van der Waals surface area contributed by atoms with E-state index in [-0.39, 0.29) is 11.9 Å². The van der Waals surface area contributed by atoms with Gasteiger partial charge in [-0.05, 0) is 82.9 Å². The van der Waals surface area contributed by atoms with Crippen molar-refractivity contribution in [1.82, 2.24) is 0 Å². The van der Waals surface area contributed by atoms with Gasteiger partial charge in [0.15, 0.2) is 0 Å². The predicted molar refractivity (Wildman–Crippen MR) is 102 cm³/mol. The minimum atomic E-state index is -0.450. The topological polar surface area (TPSA) is 52.6 Å². The highest BCUT2D eigenvalue weighted by Crippen LogP contribution is 2.36. The van der Waals surface area contributed by atoms with E-state index < -0.39 is 5.60 Å². The third kappa shape index (κ3) is 6.32. The summed E-state index contributed by atoms with van der Waals surface area (Å²) < 4.78 is 10.3. The number of allylic oxidation sites excluding steroid dienone is 1. The smallest absolute Gasteiger partial charge is 0.338 e. The number of benzene rings is 1. The van der Waals surface area contributed by atoms with Crippen LogP contribution in [0.4, 0.5) is 0 Å². The van der Waals surface area contributed by atoms with Crippen LogP contribution >= 0.6 is 0 Å². The fourth-order valence-corrected chi connectivity index (χ4v) is 3.30. The Labute approximate surface area is 156 Å². The third-order valence-corrected chi connectivity index (χ3v) is 4.58. The summed E-state index contributed by atoms with van der Waals surface area (Å²) in [4.78, 5) is 23.5. The van der Waals surface area contributed by atoms with E-state index in [2.05, 4.69) is 0 Å². The Morgan fingerprint density at radius 1 is 1.08 bits per heavy atom. The molecule has 26 heavy (non-hydrogen) atoms. The van der Waals surface area contributed by atoms with E-state index in [1.165, 1.54) is 5.56 Å². The van der Waals surface area contributed by atoms with Crippen molar-refractivity contribution in [3.63, 3.8) is 0 Å². The highest BCUT2D eigenvalue weighted by molar-refractivity contribution is 5.89. The molecule has 4 heteroatoms. The number of hydrogen-bond donors (Lipinski definition) is 0. The maximum absolute atomic E-state index is 11.8. The molecule has 142 valence electrons. The lowest BCUT2D eigenvalue weighted by atomic mass is 9.78. The number of carbonyl (C=O) groups is 2. The largest absolute Gasteiger partial charge is 0.462 e. The van der Waals surface area contributed by atoms with Crippen molar-refractivity contribution >= 4 is 11.9 Å². The lowest BCUT2D eigenvalue weighted by Gasteiger charge is -2.27. The number of ether oxygens (including phenoxy) is 2. The molecule has 1 aliphatic rings. The average Bonchev–Trinajstić information content (AvgIpc) is 2.59. The van der Waals surface area contributed by atoms with E-state index in [1.54, 1.807) is 6.08 Å². The summed E-state index contributed by atoms with van der Waals surface area (Å²) in [6.45, 7) is 7.81. The van der Waals surface area contributed by atoms with Crippen LogP contribution in [0.2, 0.25) is 0 Å². The molecule has 0 amide bonds. The zero-order valence-corrected chi connectivity index (χ0v) is 16.3. The van der Waals surface area contributed by atoms with Crippen LogP contribution < -0.4 is 0 Å². The highest BCUT2D eigenvalue weighted by Gasteiger charge is 2.22. The van der Waals surface area contributed by atoms with Crippen LogP contribution in [0, 0.1) is 5.92 Å². The second-order valence-corrected chi connectivity index (χ2v) is 7.85. The molecule has 2 rings (SSSR count). The number of esters is 2. The molecule has 0 aromatic heterocycles. The summed E-state index contributed by atoms with van der Waals surface area (Å²) in [5.74, 6) is 0.402. The second-order valence-electron chi connectivity index (χ2n) is 7.85. The second kappa shape index (κ2) is 9.02. The van der Waals surface area contributed by atoms with Gasteiger partial charge in [0.25, 0.3) is 0 Å². The van der Waals surface area contributed by atoms with Gasteiger partial charge in [0.1, 0.15) is 5.60 Å². The van der Waals surface area contributed by atoms with E-state index in [0.29, 0.717) is 24.0 Å². The van der Waals surface area contributed by atoms with Crippen LogP contribution in [0.5, 0.6) is 0 Å². The molecule has 1 fully saturated rings. The molecule has 0 radical (unpaired) electrons. The molecular weight excluding hydrogens is 328 g/mol. The number of rotatable bonds is 5. The van der Waals surface area contributed by atoms with Gasteiger partial charge in [-0.25, -0.2) is 9.59 Å². The Hall–Kier alpha value is -2.10. The van der Waals surface area contributed by atoms with Crippen LogP contribution in [0.25, 0.3) is 0 Å². The molecular formula is C22H30O4. The van der Waals surface area contributed by atoms with Gasteiger partial charge in [0.05, 0.1) is 12.2 Å². The molecule has 4 nitrogen and oxygen atoms in total. The standard InChI is InChI=1S/C22H30O4/c1-5-25-21(24)19-13-11-18(12-14-19)17-9-6-16(7-10-17)8-15-20(23)26-22(2,3)4/h8,11-17H,5-7,9-10H2,1-4H3/b15-8+. The van der Waals surface area contributed by atoms with Gasteiger partial charge in [-0.15, -0.1) is 0 Å². The molecule has 0 aliphatic heterocycles. The van der Waals surface area contributed by atoms with Crippen molar-refractivity contribution in [2.45, 2.75) is 64.9 Å². The summed E-state index contributed by atoms with van der Waals surface area (Å²) in [6.07, 6.45) is 7.86. The summed E-state index contributed by atoms with van der Waals surface area (Å²) in [7, 11) is 0. The fraction of sp³-hybridized carbons (Fsp3) is 0.545. The zero-order chi connectivity index (χ0) is 19.2. The number of carbonyl (C=O) groups excluding carboxylic acids is 2. The molecule has 1 aliphatic carbocycles. The molecule has 0 heterocycles. The van der Waals surface area contributed by atoms with Crippen molar-refractivity contribution in [1.29, 1.82) is 0 Å². The molecule has 0 saturated heterocycles. The van der Waals surface area contributed by atoms with Crippen LogP contribution in [0.3, 0.4) is 0 Å². The van der Waals surface area contributed by atoms with Crippen molar-refractivity contribution < 1.29 is 19.1 Å². The first-order chi connectivity index (χ1) is 12.3. The van der Waals surface area contributed by atoms with E-state index in [9.17, 15) is 9.59 Å². The fourth-order valence-electron chi connectivity index (χ4n) is 3.30. The van der Waals surface area contributed by atoms with E-state index >= 15 is 0 Å². The lowest BCUT2D eigenvalue weighted by molar-refractivity contribution is -0.148. The number of hydrogen-bond acceptors (Lipinski definition) is 4. The Balaban J connectivity index is 1.84. The maximum atomic E-state index is 11.8. The molecule has 1 aromatic carbocycles. The average molecular weight is 358 g/mol. The summed E-state index contributed by atoms with van der Waals surface area (Å²) in [5.41, 5.74) is 1.42. The van der Waals surface area contributed by atoms with Crippen LogP contribution in [0.15, 0.2) is 36.4 Å². The minimum absolute atomic E-state index is 0.268. The monoisotopic (exact) mass is 358 g/mol. The highest BCUT2D eigenvalue weighted by atomic mass is 16.6. The van der Waals surface area contributed by atoms with Gasteiger partial charge in [-0.3, -0.25) is 0 Å². The van der Waals surface area contributed by atoms with E-state index in [0.717, 1.165) is 25.7 Å². The molecule has 1 aromatic rings. The van der Waals surface area contributed by atoms with Gasteiger partial charge in [-0.2, -0.15) is 0 Å². The summed E-state index contributed by atoms with van der Waals surface area (Å²) in [6, 6.07) is 7.77. The maximum Gasteiger partial charge on any atom is 0.338 e. The predicted octanol–water partition coefficient (Wildman–Crippen LogP) is 5.04. The molecule has 0 N–H and O–H groups in total. The molecule has 0 atom stereocenters.